The van der Waals surface area contributed by atoms with Gasteiger partial charge >= 0.3 is 0 Å². The molecule has 0 aliphatic heterocycles. The van der Waals surface area contributed by atoms with E-state index in [9.17, 15) is 0 Å². The molecule has 0 aromatic heterocycles. The molecular formula is C14H32N2O3. The molecule has 1 unspecified atom stereocenters. The minimum atomic E-state index is 0.225. The summed E-state index contributed by atoms with van der Waals surface area (Å²) in [6.07, 6.45) is 0.785. The third-order valence-electron chi connectivity index (χ3n) is 2.96. The van der Waals surface area contributed by atoms with Crippen LogP contribution in [-0.2, 0) is 9.47 Å². The first-order valence-corrected chi connectivity index (χ1v) is 7.50. The van der Waals surface area contributed by atoms with Crippen LogP contribution in [0.15, 0.2) is 0 Å². The van der Waals surface area contributed by atoms with Gasteiger partial charge in [-0.1, -0.05) is 6.92 Å². The molecule has 0 radical (unpaired) electrons. The van der Waals surface area contributed by atoms with E-state index in [0.717, 1.165) is 59.0 Å². The maximum absolute atomic E-state index is 9.10. The highest BCUT2D eigenvalue weighted by Gasteiger charge is 2.12. The lowest BCUT2D eigenvalue weighted by atomic mass is 10.2. The van der Waals surface area contributed by atoms with Gasteiger partial charge < -0.3 is 19.9 Å². The fourth-order valence-electron chi connectivity index (χ4n) is 1.98. The molecule has 19 heavy (non-hydrogen) atoms. The summed E-state index contributed by atoms with van der Waals surface area (Å²) in [5.74, 6) is 0. The highest BCUT2D eigenvalue weighted by Crippen LogP contribution is 1.98. The summed E-state index contributed by atoms with van der Waals surface area (Å²) in [7, 11) is 0. The Hall–Kier alpha value is -0.200. The van der Waals surface area contributed by atoms with E-state index in [1.807, 2.05) is 13.8 Å². The van der Waals surface area contributed by atoms with Crippen molar-refractivity contribution in [3.05, 3.63) is 0 Å². The minimum Gasteiger partial charge on any atom is -0.396 e. The van der Waals surface area contributed by atoms with Crippen molar-refractivity contribution in [2.45, 2.75) is 33.2 Å². The van der Waals surface area contributed by atoms with E-state index >= 15 is 0 Å². The zero-order valence-corrected chi connectivity index (χ0v) is 12.9. The van der Waals surface area contributed by atoms with Crippen molar-refractivity contribution in [2.75, 3.05) is 59.2 Å². The normalized spacial score (nSPS) is 13.1. The molecule has 0 saturated carbocycles. The lowest BCUT2D eigenvalue weighted by Gasteiger charge is -2.27. The van der Waals surface area contributed by atoms with Gasteiger partial charge in [-0.25, -0.2) is 0 Å². The third-order valence-corrected chi connectivity index (χ3v) is 2.96. The van der Waals surface area contributed by atoms with Crippen molar-refractivity contribution in [1.82, 2.24) is 10.2 Å². The zero-order chi connectivity index (χ0) is 14.3. The van der Waals surface area contributed by atoms with E-state index in [2.05, 4.69) is 17.1 Å². The summed E-state index contributed by atoms with van der Waals surface area (Å²) in [6.45, 7) is 13.0. The molecule has 1 atom stereocenters. The SMILES string of the molecule is CCNC(CCO)CN(CCOCC)CCOCC. The molecule has 0 bridgehead atoms. The van der Waals surface area contributed by atoms with E-state index in [4.69, 9.17) is 14.6 Å². The van der Waals surface area contributed by atoms with E-state index in [-0.39, 0.29) is 6.61 Å². The monoisotopic (exact) mass is 276 g/mol. The van der Waals surface area contributed by atoms with Crippen LogP contribution in [0.5, 0.6) is 0 Å². The van der Waals surface area contributed by atoms with Crippen LogP contribution in [0.4, 0.5) is 0 Å². The maximum atomic E-state index is 9.10. The smallest absolute Gasteiger partial charge is 0.0593 e. The number of aliphatic hydroxyl groups is 1. The van der Waals surface area contributed by atoms with E-state index < -0.39 is 0 Å². The van der Waals surface area contributed by atoms with Crippen molar-refractivity contribution < 1.29 is 14.6 Å². The van der Waals surface area contributed by atoms with Crippen LogP contribution in [0.2, 0.25) is 0 Å². The number of hydrogen-bond acceptors (Lipinski definition) is 5. The largest absolute Gasteiger partial charge is 0.396 e. The molecule has 116 valence electrons. The fraction of sp³-hybridized carbons (Fsp3) is 1.00. The molecule has 0 aliphatic rings. The van der Waals surface area contributed by atoms with Gasteiger partial charge in [-0.15, -0.1) is 0 Å². The topological polar surface area (TPSA) is 54.0 Å². The Morgan fingerprint density at radius 2 is 1.63 bits per heavy atom. The quantitative estimate of drug-likeness (QED) is 0.458. The molecule has 5 heteroatoms. The van der Waals surface area contributed by atoms with Crippen molar-refractivity contribution >= 4 is 0 Å². The van der Waals surface area contributed by atoms with E-state index in [0.29, 0.717) is 6.04 Å². The van der Waals surface area contributed by atoms with Crippen molar-refractivity contribution in [3.8, 4) is 0 Å². The summed E-state index contributed by atoms with van der Waals surface area (Å²) >= 11 is 0. The number of nitrogens with one attached hydrogen (secondary N) is 1. The molecule has 5 nitrogen and oxygen atoms in total. The minimum absolute atomic E-state index is 0.225. The highest BCUT2D eigenvalue weighted by molar-refractivity contribution is 4.71. The molecule has 0 aromatic rings. The van der Waals surface area contributed by atoms with Crippen LogP contribution < -0.4 is 5.32 Å². The molecule has 0 aromatic carbocycles. The summed E-state index contributed by atoms with van der Waals surface area (Å²) in [5, 5.41) is 12.5. The Balaban J connectivity index is 4.09. The van der Waals surface area contributed by atoms with Crippen LogP contribution in [0.1, 0.15) is 27.2 Å². The van der Waals surface area contributed by atoms with Gasteiger partial charge in [-0.3, -0.25) is 4.90 Å². The maximum Gasteiger partial charge on any atom is 0.0593 e. The van der Waals surface area contributed by atoms with Gasteiger partial charge in [0, 0.05) is 45.5 Å². The number of rotatable bonds is 14. The second-order valence-corrected chi connectivity index (χ2v) is 4.46. The lowest BCUT2D eigenvalue weighted by Crippen LogP contribution is -2.44. The third kappa shape index (κ3) is 11.3. The molecule has 0 amide bonds. The molecule has 0 fully saturated rings. The zero-order valence-electron chi connectivity index (χ0n) is 12.9. The molecule has 0 aliphatic carbocycles. The lowest BCUT2D eigenvalue weighted by molar-refractivity contribution is 0.0767. The Labute approximate surface area is 118 Å². The van der Waals surface area contributed by atoms with Gasteiger partial charge in [0.1, 0.15) is 0 Å². The molecule has 2 N–H and O–H groups in total. The van der Waals surface area contributed by atoms with Crippen LogP contribution >= 0.6 is 0 Å². The first kappa shape index (κ1) is 18.8. The first-order valence-electron chi connectivity index (χ1n) is 7.50. The van der Waals surface area contributed by atoms with Crippen LogP contribution in [0, 0.1) is 0 Å². The number of nitrogens with zero attached hydrogens (tertiary/aromatic N) is 1. The van der Waals surface area contributed by atoms with Crippen LogP contribution in [-0.4, -0.2) is 75.3 Å². The van der Waals surface area contributed by atoms with Gasteiger partial charge in [0.2, 0.25) is 0 Å². The fourth-order valence-corrected chi connectivity index (χ4v) is 1.98. The first-order chi connectivity index (χ1) is 9.28. The van der Waals surface area contributed by atoms with Crippen molar-refractivity contribution in [1.29, 1.82) is 0 Å². The van der Waals surface area contributed by atoms with Crippen LogP contribution in [0.25, 0.3) is 0 Å². The second-order valence-electron chi connectivity index (χ2n) is 4.46. The molecular weight excluding hydrogens is 244 g/mol. The Morgan fingerprint density at radius 1 is 1.05 bits per heavy atom. The van der Waals surface area contributed by atoms with Crippen molar-refractivity contribution in [3.63, 3.8) is 0 Å². The molecule has 0 saturated heterocycles. The summed E-state index contributed by atoms with van der Waals surface area (Å²) in [6, 6.07) is 0.332. The van der Waals surface area contributed by atoms with Crippen molar-refractivity contribution in [2.24, 2.45) is 0 Å². The van der Waals surface area contributed by atoms with E-state index in [1.54, 1.807) is 0 Å². The summed E-state index contributed by atoms with van der Waals surface area (Å²) in [5.41, 5.74) is 0. The summed E-state index contributed by atoms with van der Waals surface area (Å²) in [4.78, 5) is 2.34. The second kappa shape index (κ2) is 14.2. The van der Waals surface area contributed by atoms with Gasteiger partial charge in [0.05, 0.1) is 13.2 Å². The molecule has 0 rings (SSSR count). The van der Waals surface area contributed by atoms with E-state index in [1.165, 1.54) is 0 Å². The predicted molar refractivity (Wildman–Crippen MR) is 78.6 cm³/mol. The average molecular weight is 276 g/mol. The van der Waals surface area contributed by atoms with Gasteiger partial charge in [-0.2, -0.15) is 0 Å². The number of ether oxygens (including phenoxy) is 2. The predicted octanol–water partition coefficient (Wildman–Crippen LogP) is 0.722. The van der Waals surface area contributed by atoms with Crippen LogP contribution in [0.3, 0.4) is 0 Å². The molecule has 0 heterocycles. The standard InChI is InChI=1S/C14H32N2O3/c1-4-15-14(7-10-17)13-16(8-11-18-5-2)9-12-19-6-3/h14-15,17H,4-13H2,1-3H3. The number of aliphatic hydroxyl groups excluding tert-OH is 1. The Bertz CT molecular complexity index is 166. The average Bonchev–Trinajstić information content (AvgIpc) is 2.39. The summed E-state index contributed by atoms with van der Waals surface area (Å²) < 4.78 is 10.8. The number of hydrogen-bond donors (Lipinski definition) is 2. The number of likely N-dealkylation sites (N-methyl/N-ethyl adjacent to an activating group) is 1. The van der Waals surface area contributed by atoms with Gasteiger partial charge in [0.15, 0.2) is 0 Å². The van der Waals surface area contributed by atoms with Gasteiger partial charge in [-0.05, 0) is 26.8 Å². The molecule has 0 spiro atoms. The highest BCUT2D eigenvalue weighted by atomic mass is 16.5. The Kier molecular flexibility index (Phi) is 14.1. The Morgan fingerprint density at radius 3 is 2.05 bits per heavy atom. The van der Waals surface area contributed by atoms with Gasteiger partial charge in [0.25, 0.3) is 0 Å².